The molecule has 1 unspecified atom stereocenters. The quantitative estimate of drug-likeness (QED) is 0.736. The number of rotatable bonds is 2. The van der Waals surface area contributed by atoms with Crippen molar-refractivity contribution in [2.24, 2.45) is 0 Å². The maximum absolute atomic E-state index is 12.6. The van der Waals surface area contributed by atoms with E-state index in [1.165, 1.54) is 14.2 Å². The summed E-state index contributed by atoms with van der Waals surface area (Å²) in [4.78, 5) is 23.7. The molecule has 2 aliphatic heterocycles. The Morgan fingerprint density at radius 1 is 1.23 bits per heavy atom. The normalized spacial score (nSPS) is 22.2. The summed E-state index contributed by atoms with van der Waals surface area (Å²) in [6, 6.07) is -0.678. The topological polar surface area (TPSA) is 85.9 Å². The minimum absolute atomic E-state index is 0.146. The molecule has 0 bridgehead atoms. The summed E-state index contributed by atoms with van der Waals surface area (Å²) < 4.78 is 14.6. The highest BCUT2D eigenvalue weighted by atomic mass is 16.7. The van der Waals surface area contributed by atoms with Crippen LogP contribution < -0.4 is 10.6 Å². The van der Waals surface area contributed by atoms with Crippen molar-refractivity contribution in [3.8, 4) is 0 Å². The fraction of sp³-hybridized carbons (Fsp3) is 0.200. The van der Waals surface area contributed by atoms with Gasteiger partial charge in [-0.05, 0) is 17.7 Å². The van der Waals surface area contributed by atoms with E-state index in [0.717, 1.165) is 11.1 Å². The van der Waals surface area contributed by atoms with Crippen molar-refractivity contribution in [3.05, 3.63) is 59.0 Å². The first-order valence-corrected chi connectivity index (χ1v) is 6.56. The molecule has 1 aliphatic carbocycles. The predicted molar refractivity (Wildman–Crippen MR) is 76.0 cm³/mol. The van der Waals surface area contributed by atoms with Crippen LogP contribution in [0, 0.1) is 0 Å². The van der Waals surface area contributed by atoms with Gasteiger partial charge in [-0.15, -0.1) is 0 Å². The third-order valence-electron chi connectivity index (χ3n) is 3.46. The Labute approximate surface area is 126 Å². The minimum atomic E-state index is -0.858. The van der Waals surface area contributed by atoms with Gasteiger partial charge >= 0.3 is 6.16 Å². The number of carbonyl (C=O) groups excluding carboxylic acids is 2. The number of allylic oxidation sites excluding steroid dienone is 5. The van der Waals surface area contributed by atoms with Crippen LogP contribution in [0.15, 0.2) is 59.0 Å². The van der Waals surface area contributed by atoms with E-state index in [1.807, 2.05) is 12.2 Å². The summed E-state index contributed by atoms with van der Waals surface area (Å²) in [6.07, 6.45) is 7.90. The number of Topliss-reactive ketones (excluding diaryl/α,β-unsaturated/α-hetero) is 1. The van der Waals surface area contributed by atoms with Gasteiger partial charge in [0, 0.05) is 11.8 Å². The summed E-state index contributed by atoms with van der Waals surface area (Å²) in [5.74, 6) is 0.125. The molecule has 0 saturated carbocycles. The van der Waals surface area contributed by atoms with Gasteiger partial charge in [-0.3, -0.25) is 4.79 Å². The predicted octanol–water partition coefficient (Wildman–Crippen LogP) is 0.993. The van der Waals surface area contributed by atoms with Gasteiger partial charge < -0.3 is 24.8 Å². The van der Waals surface area contributed by atoms with Crippen LogP contribution in [0.2, 0.25) is 0 Å². The number of hydrogen-bond donors (Lipinski definition) is 2. The first-order valence-electron chi connectivity index (χ1n) is 6.56. The molecule has 3 aliphatic rings. The van der Waals surface area contributed by atoms with Crippen molar-refractivity contribution in [2.75, 3.05) is 14.2 Å². The summed E-state index contributed by atoms with van der Waals surface area (Å²) in [6.45, 7) is 0. The van der Waals surface area contributed by atoms with Gasteiger partial charge in [0.05, 0.1) is 19.9 Å². The van der Waals surface area contributed by atoms with E-state index in [0.29, 0.717) is 5.70 Å². The van der Waals surface area contributed by atoms with E-state index < -0.39 is 12.2 Å². The third-order valence-corrected chi connectivity index (χ3v) is 3.46. The number of fused-ring (bicyclic) bond motifs is 3. The molecule has 7 nitrogen and oxygen atoms in total. The standard InChI is InChI=1S/C15H14N2O5/c1-20-14-12-8(4-3-7-16-12)9-5-6-10(22-15(19)21-2)17-11(9)13(14)18/h3-7,11,16-17H,1-2H3. The lowest BCUT2D eigenvalue weighted by molar-refractivity contribution is -0.120. The van der Waals surface area contributed by atoms with Crippen LogP contribution in [0.3, 0.4) is 0 Å². The fourth-order valence-electron chi connectivity index (χ4n) is 2.50. The molecule has 114 valence electrons. The van der Waals surface area contributed by atoms with Gasteiger partial charge in [-0.2, -0.15) is 0 Å². The molecule has 0 amide bonds. The second-order valence-corrected chi connectivity index (χ2v) is 4.64. The third kappa shape index (κ3) is 2.16. The summed E-state index contributed by atoms with van der Waals surface area (Å²) in [5.41, 5.74) is 2.25. The van der Waals surface area contributed by atoms with Crippen LogP contribution in [-0.4, -0.2) is 32.2 Å². The van der Waals surface area contributed by atoms with E-state index in [4.69, 9.17) is 9.47 Å². The van der Waals surface area contributed by atoms with Crippen LogP contribution >= 0.6 is 0 Å². The molecule has 7 heteroatoms. The Balaban J connectivity index is 2.00. The van der Waals surface area contributed by atoms with Crippen LogP contribution in [0.1, 0.15) is 0 Å². The maximum Gasteiger partial charge on any atom is 0.514 e. The van der Waals surface area contributed by atoms with Crippen LogP contribution in [-0.2, 0) is 19.0 Å². The van der Waals surface area contributed by atoms with Gasteiger partial charge in [0.1, 0.15) is 6.04 Å². The molecule has 0 spiro atoms. The van der Waals surface area contributed by atoms with Crippen molar-refractivity contribution in [1.82, 2.24) is 10.6 Å². The molecule has 0 saturated heterocycles. The van der Waals surface area contributed by atoms with E-state index in [-0.39, 0.29) is 17.4 Å². The van der Waals surface area contributed by atoms with E-state index in [1.54, 1.807) is 18.4 Å². The highest BCUT2D eigenvalue weighted by molar-refractivity contribution is 6.05. The number of nitrogens with one attached hydrogen (secondary N) is 2. The molecule has 0 aromatic heterocycles. The van der Waals surface area contributed by atoms with Crippen LogP contribution in [0.5, 0.6) is 0 Å². The Morgan fingerprint density at radius 3 is 2.77 bits per heavy atom. The largest absolute Gasteiger partial charge is 0.514 e. The second kappa shape index (κ2) is 5.44. The molecule has 1 atom stereocenters. The van der Waals surface area contributed by atoms with E-state index >= 15 is 0 Å². The lowest BCUT2D eigenvalue weighted by Crippen LogP contribution is -2.46. The number of dihydropyridines is 2. The molecule has 22 heavy (non-hydrogen) atoms. The van der Waals surface area contributed by atoms with Crippen LogP contribution in [0.25, 0.3) is 0 Å². The smallest absolute Gasteiger partial charge is 0.491 e. The van der Waals surface area contributed by atoms with Gasteiger partial charge in [0.2, 0.25) is 11.7 Å². The second-order valence-electron chi connectivity index (χ2n) is 4.64. The molecule has 0 fully saturated rings. The van der Waals surface area contributed by atoms with Crippen LogP contribution in [0.4, 0.5) is 4.79 Å². The van der Waals surface area contributed by atoms with Crippen molar-refractivity contribution < 1.29 is 23.8 Å². The Bertz CT molecular complexity index is 697. The fourth-order valence-corrected chi connectivity index (χ4v) is 2.50. The van der Waals surface area contributed by atoms with E-state index in [9.17, 15) is 9.59 Å². The Hall–Kier alpha value is -2.96. The Kier molecular flexibility index (Phi) is 3.46. The zero-order valence-electron chi connectivity index (χ0n) is 12.0. The molecule has 0 aromatic rings. The number of hydrogen-bond acceptors (Lipinski definition) is 7. The molecule has 2 N–H and O–H groups in total. The van der Waals surface area contributed by atoms with Crippen molar-refractivity contribution in [2.45, 2.75) is 6.04 Å². The van der Waals surface area contributed by atoms with Crippen molar-refractivity contribution in [1.29, 1.82) is 0 Å². The number of ketones is 1. The van der Waals surface area contributed by atoms with Crippen molar-refractivity contribution in [3.63, 3.8) is 0 Å². The minimum Gasteiger partial charge on any atom is -0.491 e. The summed E-state index contributed by atoms with van der Waals surface area (Å²) >= 11 is 0. The van der Waals surface area contributed by atoms with Gasteiger partial charge in [0.15, 0.2) is 5.76 Å². The number of methoxy groups -OCH3 is 2. The van der Waals surface area contributed by atoms with Gasteiger partial charge in [0.25, 0.3) is 0 Å². The molecule has 0 aromatic carbocycles. The SMILES string of the molecule is COC(=O)OC1=CC=C2C3=CC=CNC3=C(OC)C(=O)C2N1. The first kappa shape index (κ1) is 14.0. The monoisotopic (exact) mass is 302 g/mol. The average molecular weight is 302 g/mol. The van der Waals surface area contributed by atoms with E-state index in [2.05, 4.69) is 15.4 Å². The number of carbonyl (C=O) groups is 2. The summed E-state index contributed by atoms with van der Waals surface area (Å²) in [7, 11) is 2.65. The summed E-state index contributed by atoms with van der Waals surface area (Å²) in [5, 5.41) is 5.91. The Morgan fingerprint density at radius 2 is 2.05 bits per heavy atom. The van der Waals surface area contributed by atoms with Crippen molar-refractivity contribution >= 4 is 11.9 Å². The molecular weight excluding hydrogens is 288 g/mol. The lowest BCUT2D eigenvalue weighted by atomic mass is 9.83. The highest BCUT2D eigenvalue weighted by Crippen LogP contribution is 2.34. The average Bonchev–Trinajstić information content (AvgIpc) is 2.55. The maximum atomic E-state index is 12.6. The lowest BCUT2D eigenvalue weighted by Gasteiger charge is -2.33. The zero-order chi connectivity index (χ0) is 15.7. The molecule has 0 radical (unpaired) electrons. The first-order chi connectivity index (χ1) is 10.7. The van der Waals surface area contributed by atoms with Gasteiger partial charge in [-0.1, -0.05) is 12.2 Å². The molecule has 3 rings (SSSR count). The number of ether oxygens (including phenoxy) is 3. The highest BCUT2D eigenvalue weighted by Gasteiger charge is 2.39. The molecule has 2 heterocycles. The zero-order valence-corrected chi connectivity index (χ0v) is 12.0. The molecular formula is C15H14N2O5. The van der Waals surface area contributed by atoms with Gasteiger partial charge in [-0.25, -0.2) is 4.79 Å².